The molecule has 0 aliphatic heterocycles. The molecular formula is C17H25FN2O2. The van der Waals surface area contributed by atoms with Gasteiger partial charge in [0.2, 0.25) is 0 Å². The van der Waals surface area contributed by atoms with Gasteiger partial charge < -0.3 is 15.7 Å². The zero-order valence-corrected chi connectivity index (χ0v) is 13.2. The summed E-state index contributed by atoms with van der Waals surface area (Å²) in [6.07, 6.45) is 2.46. The summed E-state index contributed by atoms with van der Waals surface area (Å²) in [7, 11) is 0. The Bertz CT molecular complexity index is 486. The predicted molar refractivity (Wildman–Crippen MR) is 83.9 cm³/mol. The van der Waals surface area contributed by atoms with Crippen LogP contribution in [0.2, 0.25) is 0 Å². The van der Waals surface area contributed by atoms with Crippen LogP contribution < -0.4 is 10.6 Å². The van der Waals surface area contributed by atoms with Crippen molar-refractivity contribution in [1.82, 2.24) is 10.6 Å². The van der Waals surface area contributed by atoms with Gasteiger partial charge >= 0.3 is 6.03 Å². The quantitative estimate of drug-likeness (QED) is 0.725. The summed E-state index contributed by atoms with van der Waals surface area (Å²) in [5, 5.41) is 15.2. The van der Waals surface area contributed by atoms with E-state index in [0.717, 1.165) is 18.4 Å². The minimum Gasteiger partial charge on any atom is -0.393 e. The average molecular weight is 308 g/mol. The molecule has 3 N–H and O–H groups in total. The van der Waals surface area contributed by atoms with Crippen LogP contribution in [0, 0.1) is 17.7 Å². The van der Waals surface area contributed by atoms with Crippen molar-refractivity contribution in [3.8, 4) is 0 Å². The number of halogens is 1. The van der Waals surface area contributed by atoms with Crippen LogP contribution in [0.3, 0.4) is 0 Å². The van der Waals surface area contributed by atoms with Crippen molar-refractivity contribution in [2.75, 3.05) is 6.54 Å². The molecule has 22 heavy (non-hydrogen) atoms. The summed E-state index contributed by atoms with van der Waals surface area (Å²) >= 11 is 0. The van der Waals surface area contributed by atoms with Crippen LogP contribution in [0.1, 0.15) is 44.7 Å². The van der Waals surface area contributed by atoms with Crippen molar-refractivity contribution in [1.29, 1.82) is 0 Å². The number of urea groups is 1. The second-order valence-corrected chi connectivity index (χ2v) is 6.41. The van der Waals surface area contributed by atoms with Crippen LogP contribution in [0.5, 0.6) is 0 Å². The second kappa shape index (κ2) is 7.58. The Morgan fingerprint density at radius 3 is 2.50 bits per heavy atom. The lowest BCUT2D eigenvalue weighted by Gasteiger charge is -2.20. The number of aliphatic hydroxyl groups excluding tert-OH is 1. The lowest BCUT2D eigenvalue weighted by atomic mass is 10.0. The molecule has 1 saturated carbocycles. The number of carbonyl (C=O) groups excluding carboxylic acids is 1. The monoisotopic (exact) mass is 308 g/mol. The number of rotatable bonds is 7. The number of hydrogen-bond acceptors (Lipinski definition) is 2. The molecule has 0 aromatic heterocycles. The van der Waals surface area contributed by atoms with E-state index in [1.807, 2.05) is 6.92 Å². The second-order valence-electron chi connectivity index (χ2n) is 6.41. The van der Waals surface area contributed by atoms with E-state index >= 15 is 0 Å². The standard InChI is InChI=1S/C17H25FN2O2/c1-11(9-12(2)21)10-19-17(22)20-16(13-3-4-13)14-5-7-15(18)8-6-14/h5-8,11-13,16,21H,3-4,9-10H2,1-2H3,(H2,19,20,22). The van der Waals surface area contributed by atoms with Crippen LogP contribution in [-0.4, -0.2) is 23.8 Å². The van der Waals surface area contributed by atoms with Gasteiger partial charge in [-0.15, -0.1) is 0 Å². The minimum atomic E-state index is -0.363. The highest BCUT2D eigenvalue weighted by atomic mass is 19.1. The van der Waals surface area contributed by atoms with Gasteiger partial charge in [-0.05, 0) is 55.7 Å². The fraction of sp³-hybridized carbons (Fsp3) is 0.588. The molecule has 0 spiro atoms. The van der Waals surface area contributed by atoms with Gasteiger partial charge in [0, 0.05) is 6.54 Å². The molecule has 2 amide bonds. The molecule has 0 bridgehead atoms. The summed E-state index contributed by atoms with van der Waals surface area (Å²) in [6.45, 7) is 4.26. The molecule has 0 heterocycles. The van der Waals surface area contributed by atoms with Gasteiger partial charge in [0.1, 0.15) is 5.82 Å². The summed E-state index contributed by atoms with van der Waals surface area (Å²) < 4.78 is 13.0. The number of aliphatic hydroxyl groups is 1. The maximum Gasteiger partial charge on any atom is 0.315 e. The van der Waals surface area contributed by atoms with Crippen molar-refractivity contribution in [2.24, 2.45) is 11.8 Å². The molecule has 122 valence electrons. The highest BCUT2D eigenvalue weighted by molar-refractivity contribution is 5.74. The van der Waals surface area contributed by atoms with Gasteiger partial charge in [-0.3, -0.25) is 0 Å². The fourth-order valence-corrected chi connectivity index (χ4v) is 2.70. The number of hydrogen-bond donors (Lipinski definition) is 3. The van der Waals surface area contributed by atoms with Gasteiger partial charge in [0.05, 0.1) is 12.1 Å². The summed E-state index contributed by atoms with van der Waals surface area (Å²) in [5.41, 5.74) is 0.941. The number of benzene rings is 1. The Morgan fingerprint density at radius 1 is 1.32 bits per heavy atom. The van der Waals surface area contributed by atoms with Crippen LogP contribution in [0.4, 0.5) is 9.18 Å². The van der Waals surface area contributed by atoms with E-state index in [1.165, 1.54) is 12.1 Å². The molecule has 1 fully saturated rings. The maximum absolute atomic E-state index is 13.0. The van der Waals surface area contributed by atoms with Gasteiger partial charge in [-0.2, -0.15) is 0 Å². The molecule has 0 radical (unpaired) electrons. The number of carbonyl (C=O) groups is 1. The molecular weight excluding hydrogens is 283 g/mol. The topological polar surface area (TPSA) is 61.4 Å². The third kappa shape index (κ3) is 5.30. The SMILES string of the molecule is CC(O)CC(C)CNC(=O)NC(c1ccc(F)cc1)C1CC1. The smallest absolute Gasteiger partial charge is 0.315 e. The van der Waals surface area contributed by atoms with Crippen LogP contribution >= 0.6 is 0 Å². The molecule has 3 unspecified atom stereocenters. The molecule has 5 heteroatoms. The highest BCUT2D eigenvalue weighted by Gasteiger charge is 2.33. The Hall–Kier alpha value is -1.62. The first kappa shape index (κ1) is 16.7. The Morgan fingerprint density at radius 2 is 1.95 bits per heavy atom. The van der Waals surface area contributed by atoms with E-state index in [0.29, 0.717) is 18.9 Å². The molecule has 4 nitrogen and oxygen atoms in total. The largest absolute Gasteiger partial charge is 0.393 e. The third-order valence-electron chi connectivity index (χ3n) is 3.96. The normalized spacial score (nSPS) is 18.4. The molecule has 0 saturated heterocycles. The average Bonchev–Trinajstić information content (AvgIpc) is 3.27. The molecule has 1 aromatic rings. The first-order valence-corrected chi connectivity index (χ1v) is 7.93. The van der Waals surface area contributed by atoms with E-state index in [-0.39, 0.29) is 29.9 Å². The van der Waals surface area contributed by atoms with Crippen molar-refractivity contribution in [2.45, 2.75) is 45.3 Å². The van der Waals surface area contributed by atoms with E-state index in [4.69, 9.17) is 0 Å². The zero-order chi connectivity index (χ0) is 16.1. The van der Waals surface area contributed by atoms with Crippen molar-refractivity contribution < 1.29 is 14.3 Å². The van der Waals surface area contributed by atoms with Gasteiger partial charge in [-0.25, -0.2) is 9.18 Å². The highest BCUT2D eigenvalue weighted by Crippen LogP contribution is 2.40. The summed E-state index contributed by atoms with van der Waals surface area (Å²) in [6, 6.07) is 6.04. The number of amides is 2. The molecule has 1 aliphatic carbocycles. The Kier molecular flexibility index (Phi) is 5.77. The van der Waals surface area contributed by atoms with E-state index in [9.17, 15) is 14.3 Å². The maximum atomic E-state index is 13.0. The van der Waals surface area contributed by atoms with E-state index in [2.05, 4.69) is 10.6 Å². The predicted octanol–water partition coefficient (Wildman–Crippen LogP) is 2.98. The molecule has 1 aromatic carbocycles. The minimum absolute atomic E-state index is 0.0623. The first-order valence-electron chi connectivity index (χ1n) is 7.93. The van der Waals surface area contributed by atoms with Crippen molar-refractivity contribution >= 4 is 6.03 Å². The zero-order valence-electron chi connectivity index (χ0n) is 13.2. The van der Waals surface area contributed by atoms with Gasteiger partial charge in [0.25, 0.3) is 0 Å². The van der Waals surface area contributed by atoms with E-state index < -0.39 is 0 Å². The molecule has 2 rings (SSSR count). The van der Waals surface area contributed by atoms with Crippen LogP contribution in [-0.2, 0) is 0 Å². The van der Waals surface area contributed by atoms with Gasteiger partial charge in [-0.1, -0.05) is 19.1 Å². The third-order valence-corrected chi connectivity index (χ3v) is 3.96. The van der Waals surface area contributed by atoms with Crippen molar-refractivity contribution in [3.63, 3.8) is 0 Å². The van der Waals surface area contributed by atoms with E-state index in [1.54, 1.807) is 19.1 Å². The lowest BCUT2D eigenvalue weighted by Crippen LogP contribution is -2.40. The van der Waals surface area contributed by atoms with Crippen LogP contribution in [0.15, 0.2) is 24.3 Å². The van der Waals surface area contributed by atoms with Crippen LogP contribution in [0.25, 0.3) is 0 Å². The summed E-state index contributed by atoms with van der Waals surface area (Å²) in [4.78, 5) is 12.1. The number of nitrogens with one attached hydrogen (secondary N) is 2. The summed E-state index contributed by atoms with van der Waals surface area (Å²) in [5.74, 6) is 0.386. The fourth-order valence-electron chi connectivity index (χ4n) is 2.70. The first-order chi connectivity index (χ1) is 10.5. The Labute approximate surface area is 131 Å². The van der Waals surface area contributed by atoms with Gasteiger partial charge in [0.15, 0.2) is 0 Å². The molecule has 1 aliphatic rings. The molecule has 3 atom stereocenters. The lowest BCUT2D eigenvalue weighted by molar-refractivity contribution is 0.163. The Balaban J connectivity index is 1.86. The van der Waals surface area contributed by atoms with Crippen molar-refractivity contribution in [3.05, 3.63) is 35.6 Å².